The van der Waals surface area contributed by atoms with Crippen LogP contribution in [0.3, 0.4) is 0 Å². The lowest BCUT2D eigenvalue weighted by atomic mass is 10.1. The SMILES string of the molecule is Cc1ccc(N(CC(=O)NCCSCc2c(F)cccc2Cl)S(C)(=O)=O)cc1C. The van der Waals surface area contributed by atoms with Gasteiger partial charge in [-0.3, -0.25) is 9.10 Å². The number of halogens is 2. The summed E-state index contributed by atoms with van der Waals surface area (Å²) in [5, 5.41) is 3.08. The van der Waals surface area contributed by atoms with Crippen LogP contribution in [0.4, 0.5) is 10.1 Å². The summed E-state index contributed by atoms with van der Waals surface area (Å²) in [5.41, 5.74) is 2.87. The number of hydrogen-bond donors (Lipinski definition) is 1. The van der Waals surface area contributed by atoms with Crippen molar-refractivity contribution in [1.82, 2.24) is 5.32 Å². The van der Waals surface area contributed by atoms with Crippen LogP contribution in [0.2, 0.25) is 5.02 Å². The summed E-state index contributed by atoms with van der Waals surface area (Å²) in [7, 11) is -3.61. The molecule has 0 aliphatic rings. The smallest absolute Gasteiger partial charge is 0.240 e. The Bertz CT molecular complexity index is 963. The molecule has 0 heterocycles. The highest BCUT2D eigenvalue weighted by atomic mass is 35.5. The van der Waals surface area contributed by atoms with Gasteiger partial charge < -0.3 is 5.32 Å². The van der Waals surface area contributed by atoms with Crippen molar-refractivity contribution in [1.29, 1.82) is 0 Å². The fourth-order valence-electron chi connectivity index (χ4n) is 2.57. The van der Waals surface area contributed by atoms with Gasteiger partial charge in [0.1, 0.15) is 12.4 Å². The number of thioether (sulfide) groups is 1. The van der Waals surface area contributed by atoms with Gasteiger partial charge in [0.15, 0.2) is 0 Å². The number of benzene rings is 2. The van der Waals surface area contributed by atoms with E-state index in [1.807, 2.05) is 19.9 Å². The minimum Gasteiger partial charge on any atom is -0.354 e. The Morgan fingerprint density at radius 1 is 1.21 bits per heavy atom. The van der Waals surface area contributed by atoms with Gasteiger partial charge in [0.25, 0.3) is 0 Å². The van der Waals surface area contributed by atoms with Gasteiger partial charge in [-0.25, -0.2) is 12.8 Å². The van der Waals surface area contributed by atoms with Crippen LogP contribution in [0.1, 0.15) is 16.7 Å². The molecule has 2 rings (SSSR count). The molecule has 0 bridgehead atoms. The van der Waals surface area contributed by atoms with E-state index in [2.05, 4.69) is 5.32 Å². The number of aryl methyl sites for hydroxylation is 2. The van der Waals surface area contributed by atoms with Crippen LogP contribution in [0.15, 0.2) is 36.4 Å². The van der Waals surface area contributed by atoms with Gasteiger partial charge in [0, 0.05) is 28.6 Å². The first-order valence-electron chi connectivity index (χ1n) is 8.92. The fraction of sp³-hybridized carbons (Fsp3) is 0.350. The number of carbonyl (C=O) groups excluding carboxylic acids is 1. The van der Waals surface area contributed by atoms with E-state index in [0.29, 0.717) is 34.3 Å². The van der Waals surface area contributed by atoms with Crippen LogP contribution < -0.4 is 9.62 Å². The highest BCUT2D eigenvalue weighted by molar-refractivity contribution is 7.98. The largest absolute Gasteiger partial charge is 0.354 e. The molecule has 0 saturated carbocycles. The van der Waals surface area contributed by atoms with Crippen molar-refractivity contribution >= 4 is 45.0 Å². The standard InChI is InChI=1S/C20H24ClFN2O3S2/c1-14-7-8-16(11-15(14)2)24(29(3,26)27)12-20(25)23-9-10-28-13-17-18(21)5-4-6-19(17)22/h4-8,11H,9-10,12-13H2,1-3H3,(H,23,25). The lowest BCUT2D eigenvalue weighted by Crippen LogP contribution is -2.41. The van der Waals surface area contributed by atoms with E-state index in [-0.39, 0.29) is 12.4 Å². The molecule has 0 atom stereocenters. The number of amides is 1. The zero-order valence-electron chi connectivity index (χ0n) is 16.5. The minimum absolute atomic E-state index is 0.300. The predicted molar refractivity (Wildman–Crippen MR) is 119 cm³/mol. The van der Waals surface area contributed by atoms with Crippen molar-refractivity contribution in [2.24, 2.45) is 0 Å². The second kappa shape index (κ2) is 10.3. The molecule has 0 aliphatic heterocycles. The van der Waals surface area contributed by atoms with Crippen molar-refractivity contribution in [3.05, 3.63) is 63.9 Å². The summed E-state index contributed by atoms with van der Waals surface area (Å²) in [4.78, 5) is 12.3. The molecule has 0 spiro atoms. The summed E-state index contributed by atoms with van der Waals surface area (Å²) in [6, 6.07) is 9.80. The van der Waals surface area contributed by atoms with Gasteiger partial charge in [-0.1, -0.05) is 23.7 Å². The lowest BCUT2D eigenvalue weighted by Gasteiger charge is -2.22. The Morgan fingerprint density at radius 2 is 1.93 bits per heavy atom. The number of hydrogen-bond acceptors (Lipinski definition) is 4. The number of sulfonamides is 1. The second-order valence-electron chi connectivity index (χ2n) is 6.64. The Kier molecular flexibility index (Phi) is 8.36. The van der Waals surface area contributed by atoms with E-state index in [4.69, 9.17) is 11.6 Å². The Labute approximate surface area is 180 Å². The van der Waals surface area contributed by atoms with Gasteiger partial charge in [0.2, 0.25) is 15.9 Å². The molecule has 5 nitrogen and oxygen atoms in total. The van der Waals surface area contributed by atoms with E-state index in [9.17, 15) is 17.6 Å². The Balaban J connectivity index is 1.88. The Morgan fingerprint density at radius 3 is 2.55 bits per heavy atom. The molecule has 0 aliphatic carbocycles. The van der Waals surface area contributed by atoms with Crippen LogP contribution in [0.25, 0.3) is 0 Å². The lowest BCUT2D eigenvalue weighted by molar-refractivity contribution is -0.119. The van der Waals surface area contributed by atoms with Crippen molar-refractivity contribution in [2.45, 2.75) is 19.6 Å². The van der Waals surface area contributed by atoms with Crippen molar-refractivity contribution < 1.29 is 17.6 Å². The number of nitrogens with one attached hydrogen (secondary N) is 1. The summed E-state index contributed by atoms with van der Waals surface area (Å²) >= 11 is 7.42. The maximum absolute atomic E-state index is 13.7. The van der Waals surface area contributed by atoms with Crippen LogP contribution in [-0.2, 0) is 20.6 Å². The van der Waals surface area contributed by atoms with Gasteiger partial charge >= 0.3 is 0 Å². The molecule has 2 aromatic rings. The zero-order chi connectivity index (χ0) is 21.6. The van der Waals surface area contributed by atoms with E-state index >= 15 is 0 Å². The van der Waals surface area contributed by atoms with E-state index < -0.39 is 15.9 Å². The first-order chi connectivity index (χ1) is 13.6. The maximum Gasteiger partial charge on any atom is 0.240 e. The fourth-order valence-corrected chi connectivity index (χ4v) is 4.62. The average Bonchev–Trinajstić information content (AvgIpc) is 2.63. The number of carbonyl (C=O) groups is 1. The monoisotopic (exact) mass is 458 g/mol. The molecule has 0 radical (unpaired) electrons. The molecule has 0 saturated heterocycles. The van der Waals surface area contributed by atoms with Gasteiger partial charge in [-0.05, 0) is 49.2 Å². The van der Waals surface area contributed by atoms with E-state index in [1.165, 1.54) is 17.8 Å². The Hall–Kier alpha value is -1.77. The van der Waals surface area contributed by atoms with Crippen LogP contribution in [0.5, 0.6) is 0 Å². The maximum atomic E-state index is 13.7. The minimum atomic E-state index is -3.61. The topological polar surface area (TPSA) is 66.5 Å². The molecule has 9 heteroatoms. The van der Waals surface area contributed by atoms with Crippen LogP contribution >= 0.6 is 23.4 Å². The number of anilines is 1. The third-order valence-corrected chi connectivity index (χ3v) is 6.82. The summed E-state index contributed by atoms with van der Waals surface area (Å²) in [5.74, 6) is 0.169. The highest BCUT2D eigenvalue weighted by Gasteiger charge is 2.21. The summed E-state index contributed by atoms with van der Waals surface area (Å²) < 4.78 is 39.1. The second-order valence-corrected chi connectivity index (χ2v) is 10.1. The number of rotatable bonds is 9. The average molecular weight is 459 g/mol. The molecule has 0 fully saturated rings. The van der Waals surface area contributed by atoms with Gasteiger partial charge in [0.05, 0.1) is 11.9 Å². The molecule has 2 aromatic carbocycles. The van der Waals surface area contributed by atoms with E-state index in [1.54, 1.807) is 24.3 Å². The normalized spacial score (nSPS) is 11.3. The van der Waals surface area contributed by atoms with Crippen LogP contribution in [-0.4, -0.2) is 39.4 Å². The quantitative estimate of drug-likeness (QED) is 0.578. The van der Waals surface area contributed by atoms with Crippen molar-refractivity contribution in [3.63, 3.8) is 0 Å². The number of nitrogens with zero attached hydrogens (tertiary/aromatic N) is 1. The van der Waals surface area contributed by atoms with Crippen LogP contribution in [0, 0.1) is 19.7 Å². The summed E-state index contributed by atoms with van der Waals surface area (Å²) in [6.07, 6.45) is 1.07. The molecule has 158 valence electrons. The van der Waals surface area contributed by atoms with Gasteiger partial charge in [-0.15, -0.1) is 0 Å². The molecule has 0 aromatic heterocycles. The molecular formula is C20H24ClFN2O3S2. The highest BCUT2D eigenvalue weighted by Crippen LogP contribution is 2.24. The zero-order valence-corrected chi connectivity index (χ0v) is 18.9. The predicted octanol–water partition coefficient (Wildman–Crippen LogP) is 3.91. The molecular weight excluding hydrogens is 435 g/mol. The third kappa shape index (κ3) is 6.90. The third-order valence-electron chi connectivity index (χ3n) is 4.34. The molecule has 1 N–H and O–H groups in total. The molecule has 1 amide bonds. The summed E-state index contributed by atoms with van der Waals surface area (Å²) in [6.45, 7) is 3.85. The molecule has 0 unspecified atom stereocenters. The van der Waals surface area contributed by atoms with Crippen molar-refractivity contribution in [2.75, 3.05) is 29.4 Å². The molecule has 29 heavy (non-hydrogen) atoms. The first kappa shape index (κ1) is 23.5. The van der Waals surface area contributed by atoms with Gasteiger partial charge in [-0.2, -0.15) is 11.8 Å². The van der Waals surface area contributed by atoms with E-state index in [0.717, 1.165) is 21.7 Å². The first-order valence-corrected chi connectivity index (χ1v) is 12.3. The van der Waals surface area contributed by atoms with Crippen molar-refractivity contribution in [3.8, 4) is 0 Å².